The molecule has 4 nitrogen and oxygen atoms in total. The van der Waals surface area contributed by atoms with Gasteiger partial charge in [0.05, 0.1) is 0 Å². The zero-order valence-corrected chi connectivity index (χ0v) is 8.50. The van der Waals surface area contributed by atoms with Crippen LogP contribution in [0.1, 0.15) is 12.8 Å². The molecule has 0 saturated carbocycles. The van der Waals surface area contributed by atoms with E-state index < -0.39 is 0 Å². The van der Waals surface area contributed by atoms with Crippen molar-refractivity contribution in [2.45, 2.75) is 18.9 Å². The Balaban J connectivity index is 1.92. The molecule has 1 fully saturated rings. The Morgan fingerprint density at radius 1 is 1.43 bits per heavy atom. The first-order chi connectivity index (χ1) is 6.84. The summed E-state index contributed by atoms with van der Waals surface area (Å²) in [7, 11) is 0. The second-order valence-electron chi connectivity index (χ2n) is 3.28. The Labute approximate surface area is 87.6 Å². The molecule has 14 heavy (non-hydrogen) atoms. The minimum atomic E-state index is 0.208. The Morgan fingerprint density at radius 2 is 2.36 bits per heavy atom. The summed E-state index contributed by atoms with van der Waals surface area (Å²) in [5.41, 5.74) is 0. The van der Waals surface area contributed by atoms with E-state index in [1.165, 1.54) is 0 Å². The fourth-order valence-electron chi connectivity index (χ4n) is 1.46. The normalized spacial score (nSPS) is 21.9. The molecule has 0 radical (unpaired) electrons. The van der Waals surface area contributed by atoms with Crippen molar-refractivity contribution < 1.29 is 4.74 Å². The molecule has 1 aliphatic rings. The highest BCUT2D eigenvalue weighted by atomic mass is 35.5. The van der Waals surface area contributed by atoms with Crippen LogP contribution < -0.4 is 10.1 Å². The van der Waals surface area contributed by atoms with Crippen LogP contribution in [-0.2, 0) is 0 Å². The molecule has 1 N–H and O–H groups in total. The van der Waals surface area contributed by atoms with Gasteiger partial charge in [0, 0.05) is 12.6 Å². The molecule has 1 aromatic heterocycles. The van der Waals surface area contributed by atoms with E-state index in [2.05, 4.69) is 15.5 Å². The van der Waals surface area contributed by atoms with Crippen LogP contribution in [0.5, 0.6) is 5.88 Å². The van der Waals surface area contributed by atoms with Gasteiger partial charge in [-0.05, 0) is 25.5 Å². The SMILES string of the molecule is Clc1ccc(O[C@H]2CCCNC2)nn1. The monoisotopic (exact) mass is 213 g/mol. The summed E-state index contributed by atoms with van der Waals surface area (Å²) >= 11 is 5.61. The van der Waals surface area contributed by atoms with Gasteiger partial charge in [-0.1, -0.05) is 11.6 Å². The lowest BCUT2D eigenvalue weighted by Gasteiger charge is -2.22. The summed E-state index contributed by atoms with van der Waals surface area (Å²) in [5.74, 6) is 0.545. The fraction of sp³-hybridized carbons (Fsp3) is 0.556. The number of hydrogen-bond acceptors (Lipinski definition) is 4. The number of nitrogens with zero attached hydrogens (tertiary/aromatic N) is 2. The second-order valence-corrected chi connectivity index (χ2v) is 3.67. The largest absolute Gasteiger partial charge is 0.472 e. The maximum absolute atomic E-state index is 5.62. The highest BCUT2D eigenvalue weighted by molar-refractivity contribution is 6.29. The van der Waals surface area contributed by atoms with Crippen LogP contribution in [-0.4, -0.2) is 29.4 Å². The lowest BCUT2D eigenvalue weighted by Crippen LogP contribution is -2.37. The average Bonchev–Trinajstić information content (AvgIpc) is 2.23. The molecular weight excluding hydrogens is 202 g/mol. The van der Waals surface area contributed by atoms with Crippen molar-refractivity contribution >= 4 is 11.6 Å². The van der Waals surface area contributed by atoms with E-state index in [9.17, 15) is 0 Å². The van der Waals surface area contributed by atoms with Crippen molar-refractivity contribution in [2.24, 2.45) is 0 Å². The maximum Gasteiger partial charge on any atom is 0.233 e. The maximum atomic E-state index is 5.62. The third kappa shape index (κ3) is 2.56. The number of halogens is 1. The topological polar surface area (TPSA) is 47.0 Å². The van der Waals surface area contributed by atoms with Crippen LogP contribution in [0.2, 0.25) is 5.15 Å². The van der Waals surface area contributed by atoms with Crippen LogP contribution in [0.15, 0.2) is 12.1 Å². The number of rotatable bonds is 2. The zero-order chi connectivity index (χ0) is 9.80. The lowest BCUT2D eigenvalue weighted by molar-refractivity contribution is 0.159. The third-order valence-electron chi connectivity index (χ3n) is 2.15. The molecule has 2 rings (SSSR count). The Hall–Kier alpha value is -0.870. The molecule has 1 aromatic rings. The number of ether oxygens (including phenoxy) is 1. The smallest absolute Gasteiger partial charge is 0.233 e. The molecule has 2 heterocycles. The van der Waals surface area contributed by atoms with Crippen molar-refractivity contribution in [2.75, 3.05) is 13.1 Å². The van der Waals surface area contributed by atoms with Crippen LogP contribution in [0.25, 0.3) is 0 Å². The third-order valence-corrected chi connectivity index (χ3v) is 2.35. The molecular formula is C9H12ClN3O. The van der Waals surface area contributed by atoms with Gasteiger partial charge in [0.25, 0.3) is 0 Å². The molecule has 0 unspecified atom stereocenters. The van der Waals surface area contributed by atoms with E-state index in [0.29, 0.717) is 11.0 Å². The summed E-state index contributed by atoms with van der Waals surface area (Å²) in [4.78, 5) is 0. The van der Waals surface area contributed by atoms with Gasteiger partial charge in [-0.15, -0.1) is 10.2 Å². The standard InChI is InChI=1S/C9H12ClN3O/c10-8-3-4-9(13-12-8)14-7-2-1-5-11-6-7/h3-4,7,11H,1-2,5-6H2/t7-/m0/s1. The number of piperidine rings is 1. The van der Waals surface area contributed by atoms with Gasteiger partial charge in [0.1, 0.15) is 6.10 Å². The summed E-state index contributed by atoms with van der Waals surface area (Å²) < 4.78 is 5.62. The molecule has 0 amide bonds. The van der Waals surface area contributed by atoms with Crippen molar-refractivity contribution in [3.05, 3.63) is 17.3 Å². The van der Waals surface area contributed by atoms with E-state index in [4.69, 9.17) is 16.3 Å². The first kappa shape index (κ1) is 9.68. The highest BCUT2D eigenvalue weighted by Crippen LogP contribution is 2.13. The zero-order valence-electron chi connectivity index (χ0n) is 7.74. The van der Waals surface area contributed by atoms with E-state index in [1.54, 1.807) is 12.1 Å². The second kappa shape index (κ2) is 4.57. The molecule has 1 aliphatic heterocycles. The molecule has 1 atom stereocenters. The minimum absolute atomic E-state index is 0.208. The summed E-state index contributed by atoms with van der Waals surface area (Å²) in [6, 6.07) is 3.42. The number of hydrogen-bond donors (Lipinski definition) is 1. The number of nitrogens with one attached hydrogen (secondary N) is 1. The lowest BCUT2D eigenvalue weighted by atomic mass is 10.1. The van der Waals surface area contributed by atoms with E-state index in [1.807, 2.05) is 0 Å². The first-order valence-electron chi connectivity index (χ1n) is 4.71. The van der Waals surface area contributed by atoms with Crippen LogP contribution >= 0.6 is 11.6 Å². The van der Waals surface area contributed by atoms with E-state index in [0.717, 1.165) is 25.9 Å². The molecule has 0 aliphatic carbocycles. The minimum Gasteiger partial charge on any atom is -0.472 e. The first-order valence-corrected chi connectivity index (χ1v) is 5.09. The van der Waals surface area contributed by atoms with Gasteiger partial charge >= 0.3 is 0 Å². The fourth-order valence-corrected chi connectivity index (χ4v) is 1.56. The highest BCUT2D eigenvalue weighted by Gasteiger charge is 2.14. The predicted octanol–water partition coefficient (Wildman–Crippen LogP) is 1.26. The molecule has 5 heteroatoms. The van der Waals surface area contributed by atoms with Crippen LogP contribution in [0, 0.1) is 0 Å². The van der Waals surface area contributed by atoms with Crippen molar-refractivity contribution in [3.8, 4) is 5.88 Å². The van der Waals surface area contributed by atoms with Gasteiger partial charge in [-0.3, -0.25) is 0 Å². The predicted molar refractivity (Wildman–Crippen MR) is 53.6 cm³/mol. The quantitative estimate of drug-likeness (QED) is 0.804. The van der Waals surface area contributed by atoms with Crippen molar-refractivity contribution in [3.63, 3.8) is 0 Å². The Morgan fingerprint density at radius 3 is 3.00 bits per heavy atom. The van der Waals surface area contributed by atoms with E-state index in [-0.39, 0.29) is 6.10 Å². The Kier molecular flexibility index (Phi) is 3.16. The number of aromatic nitrogens is 2. The van der Waals surface area contributed by atoms with Gasteiger partial charge < -0.3 is 10.1 Å². The molecule has 1 saturated heterocycles. The van der Waals surface area contributed by atoms with Crippen molar-refractivity contribution in [1.29, 1.82) is 0 Å². The van der Waals surface area contributed by atoms with Gasteiger partial charge in [0.2, 0.25) is 5.88 Å². The van der Waals surface area contributed by atoms with E-state index >= 15 is 0 Å². The summed E-state index contributed by atoms with van der Waals surface area (Å²) in [6.45, 7) is 1.95. The van der Waals surface area contributed by atoms with Gasteiger partial charge in [-0.2, -0.15) is 0 Å². The molecule has 0 bridgehead atoms. The van der Waals surface area contributed by atoms with Crippen LogP contribution in [0.3, 0.4) is 0 Å². The molecule has 76 valence electrons. The average molecular weight is 214 g/mol. The van der Waals surface area contributed by atoms with Gasteiger partial charge in [-0.25, -0.2) is 0 Å². The molecule has 0 aromatic carbocycles. The summed E-state index contributed by atoms with van der Waals surface area (Å²) in [6.07, 6.45) is 2.42. The molecule has 0 spiro atoms. The van der Waals surface area contributed by atoms with Gasteiger partial charge in [0.15, 0.2) is 5.15 Å². The van der Waals surface area contributed by atoms with Crippen molar-refractivity contribution in [1.82, 2.24) is 15.5 Å². The van der Waals surface area contributed by atoms with Crippen LogP contribution in [0.4, 0.5) is 0 Å². The Bertz CT molecular complexity index is 285. The summed E-state index contributed by atoms with van der Waals surface area (Å²) in [5, 5.41) is 11.2.